The summed E-state index contributed by atoms with van der Waals surface area (Å²) in [4.78, 5) is 0. The van der Waals surface area contributed by atoms with Crippen LogP contribution in [0.25, 0.3) is 0 Å². The molecular formula is C10H14OSi. The highest BCUT2D eigenvalue weighted by molar-refractivity contribution is 5.98. The molecule has 1 aromatic rings. The van der Waals surface area contributed by atoms with Crippen LogP contribution in [0.2, 0.25) is 0 Å². The van der Waals surface area contributed by atoms with Gasteiger partial charge in [0.25, 0.3) is 0 Å². The lowest BCUT2D eigenvalue weighted by Gasteiger charge is -1.93. The van der Waals surface area contributed by atoms with E-state index in [9.17, 15) is 0 Å². The molecule has 1 nitrogen and oxygen atoms in total. The van der Waals surface area contributed by atoms with E-state index in [-0.39, 0.29) is 0 Å². The van der Waals surface area contributed by atoms with Gasteiger partial charge in [0.1, 0.15) is 10.5 Å². The molecule has 12 heavy (non-hydrogen) atoms. The van der Waals surface area contributed by atoms with Crippen LogP contribution in [-0.4, -0.2) is 17.1 Å². The maximum absolute atomic E-state index is 5.03. The molecule has 0 aromatic heterocycles. The molecule has 64 valence electrons. The lowest BCUT2D eigenvalue weighted by molar-refractivity contribution is 0.401. The summed E-state index contributed by atoms with van der Waals surface area (Å²) in [6.07, 6.45) is 5.22. The average Bonchev–Trinajstić information content (AvgIpc) is 2.14. The van der Waals surface area contributed by atoms with Crippen molar-refractivity contribution in [3.63, 3.8) is 0 Å². The fraction of sp³-hybridized carbons (Fsp3) is 0.200. The molecule has 0 aliphatic carbocycles. The Bertz CT molecular complexity index is 231. The van der Waals surface area contributed by atoms with E-state index in [0.717, 1.165) is 23.5 Å². The van der Waals surface area contributed by atoms with Gasteiger partial charge in [0.05, 0.1) is 6.61 Å². The molecule has 0 atom stereocenters. The number of rotatable bonds is 4. The van der Waals surface area contributed by atoms with Crippen molar-refractivity contribution in [1.82, 2.24) is 0 Å². The molecule has 0 radical (unpaired) electrons. The van der Waals surface area contributed by atoms with Crippen LogP contribution in [0.5, 0.6) is 0 Å². The largest absolute Gasteiger partial charge is 0.424 e. The topological polar surface area (TPSA) is 9.23 Å². The fourth-order valence-corrected chi connectivity index (χ4v) is 1.19. The van der Waals surface area contributed by atoms with Gasteiger partial charge < -0.3 is 4.43 Å². The summed E-state index contributed by atoms with van der Waals surface area (Å²) in [5, 5.41) is 0. The van der Waals surface area contributed by atoms with Gasteiger partial charge in [0.15, 0.2) is 0 Å². The first-order valence-electron chi connectivity index (χ1n) is 4.11. The number of hydrogen-bond donors (Lipinski definition) is 0. The SMILES string of the molecule is [SiH3]OCC=CCc1ccccc1. The van der Waals surface area contributed by atoms with E-state index >= 15 is 0 Å². The Labute approximate surface area is 76.6 Å². The molecule has 0 saturated heterocycles. The van der Waals surface area contributed by atoms with Crippen molar-refractivity contribution in [2.24, 2.45) is 0 Å². The summed E-state index contributed by atoms with van der Waals surface area (Å²) in [5.41, 5.74) is 1.35. The predicted octanol–water partition coefficient (Wildman–Crippen LogP) is 1.08. The Kier molecular flexibility index (Phi) is 4.42. The highest BCUT2D eigenvalue weighted by atomic mass is 28.2. The minimum absolute atomic E-state index is 0.763. The summed E-state index contributed by atoms with van der Waals surface area (Å²) < 4.78 is 5.03. The number of allylic oxidation sites excluding steroid dienone is 1. The molecule has 0 N–H and O–H groups in total. The smallest absolute Gasteiger partial charge is 0.146 e. The molecule has 1 aromatic carbocycles. The maximum Gasteiger partial charge on any atom is 0.146 e. The number of hydrogen-bond acceptors (Lipinski definition) is 1. The molecule has 0 heterocycles. The normalized spacial score (nSPS) is 11.0. The summed E-state index contributed by atoms with van der Waals surface area (Å²) in [7, 11) is 0.825. The second-order valence-electron chi connectivity index (χ2n) is 2.62. The standard InChI is InChI=1S/C10H14OSi/c12-11-9-5-4-8-10-6-2-1-3-7-10/h1-7H,8-9H2,12H3. The first-order valence-corrected chi connectivity index (χ1v) is 4.93. The van der Waals surface area contributed by atoms with Gasteiger partial charge in [-0.05, 0) is 12.0 Å². The lowest BCUT2D eigenvalue weighted by Crippen LogP contribution is -1.84. The van der Waals surface area contributed by atoms with Gasteiger partial charge in [-0.15, -0.1) is 0 Å². The second kappa shape index (κ2) is 5.74. The van der Waals surface area contributed by atoms with E-state index in [4.69, 9.17) is 4.43 Å². The third-order valence-electron chi connectivity index (χ3n) is 1.63. The molecule has 0 bridgehead atoms. The van der Waals surface area contributed by atoms with Gasteiger partial charge in [0, 0.05) is 0 Å². The lowest BCUT2D eigenvalue weighted by atomic mass is 10.1. The zero-order chi connectivity index (χ0) is 8.65. The highest BCUT2D eigenvalue weighted by Crippen LogP contribution is 1.99. The van der Waals surface area contributed by atoms with Crippen LogP contribution in [0.1, 0.15) is 5.56 Å². The van der Waals surface area contributed by atoms with E-state index in [0.29, 0.717) is 0 Å². The van der Waals surface area contributed by atoms with E-state index in [2.05, 4.69) is 36.4 Å². The van der Waals surface area contributed by atoms with Gasteiger partial charge >= 0.3 is 0 Å². The van der Waals surface area contributed by atoms with Gasteiger partial charge in [-0.25, -0.2) is 0 Å². The Hall–Kier alpha value is -0.863. The minimum Gasteiger partial charge on any atom is -0.424 e. The number of benzene rings is 1. The third kappa shape index (κ3) is 3.51. The van der Waals surface area contributed by atoms with Crippen molar-refractivity contribution in [2.75, 3.05) is 6.61 Å². The van der Waals surface area contributed by atoms with Gasteiger partial charge in [-0.1, -0.05) is 42.5 Å². The molecule has 0 aliphatic heterocycles. The van der Waals surface area contributed by atoms with Crippen molar-refractivity contribution in [1.29, 1.82) is 0 Å². The molecule has 0 saturated carbocycles. The summed E-state index contributed by atoms with van der Waals surface area (Å²) in [5.74, 6) is 0. The van der Waals surface area contributed by atoms with Crippen molar-refractivity contribution < 1.29 is 4.43 Å². The van der Waals surface area contributed by atoms with Gasteiger partial charge in [-0.3, -0.25) is 0 Å². The molecule has 2 heteroatoms. The summed E-state index contributed by atoms with van der Waals surface area (Å²) >= 11 is 0. The zero-order valence-electron chi connectivity index (χ0n) is 7.36. The van der Waals surface area contributed by atoms with Crippen molar-refractivity contribution >= 4 is 10.5 Å². The van der Waals surface area contributed by atoms with Crippen LogP contribution in [-0.2, 0) is 10.8 Å². The fourth-order valence-electron chi connectivity index (χ4n) is 0.998. The van der Waals surface area contributed by atoms with Gasteiger partial charge in [0.2, 0.25) is 0 Å². The van der Waals surface area contributed by atoms with E-state index in [1.807, 2.05) is 6.07 Å². The average molecular weight is 178 g/mol. The molecule has 0 unspecified atom stereocenters. The molecule has 0 spiro atoms. The van der Waals surface area contributed by atoms with Gasteiger partial charge in [-0.2, -0.15) is 0 Å². The third-order valence-corrected chi connectivity index (χ3v) is 1.96. The van der Waals surface area contributed by atoms with Crippen LogP contribution >= 0.6 is 0 Å². The van der Waals surface area contributed by atoms with E-state index in [1.165, 1.54) is 5.56 Å². The predicted molar refractivity (Wildman–Crippen MR) is 55.2 cm³/mol. The second-order valence-corrected chi connectivity index (χ2v) is 3.19. The van der Waals surface area contributed by atoms with Crippen LogP contribution in [0.15, 0.2) is 42.5 Å². The summed E-state index contributed by atoms with van der Waals surface area (Å²) in [6, 6.07) is 10.4. The Balaban J connectivity index is 2.33. The monoisotopic (exact) mass is 178 g/mol. The quantitative estimate of drug-likeness (QED) is 0.495. The molecule has 1 rings (SSSR count). The molecular weight excluding hydrogens is 164 g/mol. The Morgan fingerprint density at radius 3 is 2.58 bits per heavy atom. The highest BCUT2D eigenvalue weighted by Gasteiger charge is 1.84. The van der Waals surface area contributed by atoms with Crippen LogP contribution < -0.4 is 0 Å². The zero-order valence-corrected chi connectivity index (χ0v) is 9.36. The van der Waals surface area contributed by atoms with E-state index in [1.54, 1.807) is 0 Å². The molecule has 0 amide bonds. The van der Waals surface area contributed by atoms with Crippen LogP contribution in [0.3, 0.4) is 0 Å². The summed E-state index contributed by atoms with van der Waals surface area (Å²) in [6.45, 7) is 0.763. The minimum atomic E-state index is 0.763. The molecule has 0 fully saturated rings. The Morgan fingerprint density at radius 2 is 1.92 bits per heavy atom. The van der Waals surface area contributed by atoms with Crippen molar-refractivity contribution in [2.45, 2.75) is 6.42 Å². The van der Waals surface area contributed by atoms with Crippen molar-refractivity contribution in [3.8, 4) is 0 Å². The van der Waals surface area contributed by atoms with Crippen LogP contribution in [0.4, 0.5) is 0 Å². The maximum atomic E-state index is 5.03. The Morgan fingerprint density at radius 1 is 1.17 bits per heavy atom. The molecule has 0 aliphatic rings. The van der Waals surface area contributed by atoms with Crippen molar-refractivity contribution in [3.05, 3.63) is 48.0 Å². The van der Waals surface area contributed by atoms with E-state index < -0.39 is 0 Å². The van der Waals surface area contributed by atoms with Crippen LogP contribution in [0, 0.1) is 0 Å². The first-order chi connectivity index (χ1) is 5.93. The first kappa shape index (κ1) is 9.23.